The fourth-order valence-corrected chi connectivity index (χ4v) is 1.36. The van der Waals surface area contributed by atoms with E-state index in [4.69, 9.17) is 5.26 Å². The number of hydrogen-bond acceptors (Lipinski definition) is 1. The van der Waals surface area contributed by atoms with Crippen molar-refractivity contribution in [3.05, 3.63) is 34.4 Å². The Balaban J connectivity index is 3.41. The molecule has 1 nitrogen and oxygen atoms in total. The second kappa shape index (κ2) is 3.38. The third-order valence-corrected chi connectivity index (χ3v) is 2.54. The monoisotopic (exact) mass is 195 g/mol. The van der Waals surface area contributed by atoms with Crippen LogP contribution < -0.4 is 0 Å². The number of nitriles is 1. The van der Waals surface area contributed by atoms with Crippen molar-refractivity contribution in [3.63, 3.8) is 0 Å². The molecule has 0 aromatic heterocycles. The highest BCUT2D eigenvalue weighted by atomic mass is 19.3. The number of rotatable bonds is 1. The normalized spacial score (nSPS) is 11.1. The molecule has 74 valence electrons. The highest BCUT2D eigenvalue weighted by molar-refractivity contribution is 5.42. The van der Waals surface area contributed by atoms with Gasteiger partial charge in [0.05, 0.1) is 0 Å². The maximum atomic E-state index is 13.1. The van der Waals surface area contributed by atoms with E-state index in [-0.39, 0.29) is 5.56 Å². The Labute approximate surface area is 82.0 Å². The molecule has 0 amide bonds. The third-order valence-electron chi connectivity index (χ3n) is 2.54. The van der Waals surface area contributed by atoms with Crippen LogP contribution in [0.15, 0.2) is 12.1 Å². The molecular formula is C11H11F2N. The Morgan fingerprint density at radius 2 is 1.71 bits per heavy atom. The van der Waals surface area contributed by atoms with E-state index in [1.165, 1.54) is 6.07 Å². The number of benzene rings is 1. The van der Waals surface area contributed by atoms with E-state index in [1.807, 2.05) is 6.92 Å². The molecular weight excluding hydrogens is 184 g/mol. The van der Waals surface area contributed by atoms with Gasteiger partial charge >= 0.3 is 5.92 Å². The number of aryl methyl sites for hydroxylation is 1. The molecule has 1 aromatic rings. The van der Waals surface area contributed by atoms with Gasteiger partial charge in [0.1, 0.15) is 6.07 Å². The molecule has 0 radical (unpaired) electrons. The van der Waals surface area contributed by atoms with Crippen molar-refractivity contribution in [2.45, 2.75) is 26.7 Å². The summed E-state index contributed by atoms with van der Waals surface area (Å²) in [5.74, 6) is -3.39. The van der Waals surface area contributed by atoms with Crippen molar-refractivity contribution in [2.75, 3.05) is 0 Å². The number of nitrogens with zero attached hydrogens (tertiary/aromatic N) is 1. The molecule has 0 saturated heterocycles. The zero-order chi connectivity index (χ0) is 10.9. The summed E-state index contributed by atoms with van der Waals surface area (Å²) in [7, 11) is 0. The first-order chi connectivity index (χ1) is 6.40. The van der Waals surface area contributed by atoms with Gasteiger partial charge in [-0.15, -0.1) is 0 Å². The molecule has 0 heterocycles. The summed E-state index contributed by atoms with van der Waals surface area (Å²) in [4.78, 5) is 0. The Bertz CT molecular complexity index is 402. The molecule has 0 saturated carbocycles. The van der Waals surface area contributed by atoms with Crippen molar-refractivity contribution < 1.29 is 8.78 Å². The van der Waals surface area contributed by atoms with Gasteiger partial charge in [0.25, 0.3) is 0 Å². The van der Waals surface area contributed by atoms with Crippen LogP contribution in [0.2, 0.25) is 0 Å². The van der Waals surface area contributed by atoms with Crippen molar-refractivity contribution in [3.8, 4) is 6.07 Å². The molecule has 3 heteroatoms. The molecule has 0 fully saturated rings. The third kappa shape index (κ3) is 1.60. The quantitative estimate of drug-likeness (QED) is 0.674. The number of halogens is 2. The Hall–Kier alpha value is -1.43. The van der Waals surface area contributed by atoms with Crippen LogP contribution >= 0.6 is 0 Å². The molecule has 0 spiro atoms. The summed E-state index contributed by atoms with van der Waals surface area (Å²) >= 11 is 0. The van der Waals surface area contributed by atoms with Gasteiger partial charge < -0.3 is 0 Å². The molecule has 0 aliphatic rings. The van der Waals surface area contributed by atoms with Crippen LogP contribution in [0.25, 0.3) is 0 Å². The summed E-state index contributed by atoms with van der Waals surface area (Å²) in [6.07, 6.45) is 0. The minimum absolute atomic E-state index is 0.192. The van der Waals surface area contributed by atoms with E-state index in [0.29, 0.717) is 5.56 Å². The Morgan fingerprint density at radius 3 is 2.21 bits per heavy atom. The number of alkyl halides is 2. The van der Waals surface area contributed by atoms with E-state index < -0.39 is 5.92 Å². The maximum Gasteiger partial charge on any atom is 0.357 e. The largest absolute Gasteiger partial charge is 0.357 e. The second-order valence-electron chi connectivity index (χ2n) is 3.37. The Kier molecular flexibility index (Phi) is 2.57. The van der Waals surface area contributed by atoms with Gasteiger partial charge in [0, 0.05) is 5.56 Å². The standard InChI is InChI=1S/C11H11F2N/c1-7-4-5-10(9(3)8(7)2)11(12,13)6-14/h4-5H,1-3H3. The summed E-state index contributed by atoms with van der Waals surface area (Å²) in [6, 6.07) is 3.95. The number of hydrogen-bond donors (Lipinski definition) is 0. The SMILES string of the molecule is Cc1ccc(C(F)(F)C#N)c(C)c1C. The molecule has 0 aliphatic heterocycles. The molecule has 0 unspecified atom stereocenters. The van der Waals surface area contributed by atoms with E-state index in [1.54, 1.807) is 19.9 Å². The first-order valence-corrected chi connectivity index (χ1v) is 4.26. The minimum Gasteiger partial charge on any atom is -0.191 e. The highest BCUT2D eigenvalue weighted by Gasteiger charge is 2.33. The van der Waals surface area contributed by atoms with Gasteiger partial charge in [-0.1, -0.05) is 12.1 Å². The Morgan fingerprint density at radius 1 is 1.14 bits per heavy atom. The van der Waals surface area contributed by atoms with Crippen LogP contribution in [0.4, 0.5) is 8.78 Å². The maximum absolute atomic E-state index is 13.1. The molecule has 0 aliphatic carbocycles. The van der Waals surface area contributed by atoms with Crippen molar-refractivity contribution in [2.24, 2.45) is 0 Å². The van der Waals surface area contributed by atoms with Gasteiger partial charge in [-0.2, -0.15) is 14.0 Å². The summed E-state index contributed by atoms with van der Waals surface area (Å²) in [6.45, 7) is 5.25. The van der Waals surface area contributed by atoms with Gasteiger partial charge in [0.2, 0.25) is 0 Å². The van der Waals surface area contributed by atoms with E-state index >= 15 is 0 Å². The van der Waals surface area contributed by atoms with Gasteiger partial charge in [0.15, 0.2) is 0 Å². The van der Waals surface area contributed by atoms with E-state index in [9.17, 15) is 8.78 Å². The van der Waals surface area contributed by atoms with Crippen molar-refractivity contribution in [1.82, 2.24) is 0 Å². The second-order valence-corrected chi connectivity index (χ2v) is 3.37. The predicted molar refractivity (Wildman–Crippen MR) is 50.2 cm³/mol. The van der Waals surface area contributed by atoms with E-state index in [2.05, 4.69) is 0 Å². The predicted octanol–water partition coefficient (Wildman–Crippen LogP) is 3.23. The lowest BCUT2D eigenvalue weighted by Crippen LogP contribution is -2.12. The molecule has 14 heavy (non-hydrogen) atoms. The fraction of sp³-hybridized carbons (Fsp3) is 0.364. The molecule has 1 aromatic carbocycles. The smallest absolute Gasteiger partial charge is 0.191 e. The van der Waals surface area contributed by atoms with Crippen LogP contribution in [-0.2, 0) is 5.92 Å². The van der Waals surface area contributed by atoms with E-state index in [0.717, 1.165) is 17.2 Å². The topological polar surface area (TPSA) is 23.8 Å². The van der Waals surface area contributed by atoms with Crippen LogP contribution in [0.3, 0.4) is 0 Å². The lowest BCUT2D eigenvalue weighted by Gasteiger charge is -2.14. The molecule has 0 N–H and O–H groups in total. The highest BCUT2D eigenvalue weighted by Crippen LogP contribution is 2.31. The van der Waals surface area contributed by atoms with Gasteiger partial charge in [-0.05, 0) is 37.5 Å². The van der Waals surface area contributed by atoms with Crippen molar-refractivity contribution in [1.29, 1.82) is 5.26 Å². The molecule has 0 bridgehead atoms. The zero-order valence-electron chi connectivity index (χ0n) is 8.36. The fourth-order valence-electron chi connectivity index (χ4n) is 1.36. The van der Waals surface area contributed by atoms with Crippen LogP contribution in [0.1, 0.15) is 22.3 Å². The lowest BCUT2D eigenvalue weighted by molar-refractivity contribution is 0.0605. The first-order valence-electron chi connectivity index (χ1n) is 4.26. The van der Waals surface area contributed by atoms with Crippen LogP contribution in [-0.4, -0.2) is 0 Å². The summed E-state index contributed by atoms with van der Waals surface area (Å²) in [5, 5.41) is 8.33. The summed E-state index contributed by atoms with van der Waals surface area (Å²) in [5.41, 5.74) is 2.08. The molecule has 1 rings (SSSR count). The van der Waals surface area contributed by atoms with Gasteiger partial charge in [-0.25, -0.2) is 0 Å². The zero-order valence-corrected chi connectivity index (χ0v) is 8.36. The van der Waals surface area contributed by atoms with Crippen LogP contribution in [0.5, 0.6) is 0 Å². The lowest BCUT2D eigenvalue weighted by atomic mass is 9.95. The van der Waals surface area contributed by atoms with Crippen LogP contribution in [0, 0.1) is 32.1 Å². The van der Waals surface area contributed by atoms with Gasteiger partial charge in [-0.3, -0.25) is 0 Å². The summed E-state index contributed by atoms with van der Waals surface area (Å²) < 4.78 is 26.2. The minimum atomic E-state index is -3.39. The molecule has 0 atom stereocenters. The average molecular weight is 195 g/mol. The first kappa shape index (κ1) is 10.6. The average Bonchev–Trinajstić information content (AvgIpc) is 2.14. The van der Waals surface area contributed by atoms with Crippen molar-refractivity contribution >= 4 is 0 Å².